The molecular weight excluding hydrogens is 468 g/mol. The molecule has 0 N–H and O–H groups in total. The van der Waals surface area contributed by atoms with Crippen LogP contribution < -0.4 is 9.47 Å². The molecule has 172 valence electrons. The fourth-order valence-corrected chi connectivity index (χ4v) is 5.89. The van der Waals surface area contributed by atoms with E-state index in [1.54, 1.807) is 41.3 Å². The first-order valence-corrected chi connectivity index (χ1v) is 12.7. The normalized spacial score (nSPS) is 18.8. The van der Waals surface area contributed by atoms with Gasteiger partial charge in [0.2, 0.25) is 0 Å². The zero-order chi connectivity index (χ0) is 23.0. The predicted octanol–water partition coefficient (Wildman–Crippen LogP) is 3.60. The highest BCUT2D eigenvalue weighted by Gasteiger charge is 2.36. The van der Waals surface area contributed by atoms with E-state index in [4.69, 9.17) is 25.6 Å². The first-order valence-electron chi connectivity index (χ1n) is 10.5. The maximum Gasteiger partial charge on any atom is 0.276 e. The van der Waals surface area contributed by atoms with Crippen molar-refractivity contribution < 1.29 is 27.2 Å². The highest BCUT2D eigenvalue weighted by molar-refractivity contribution is 7.91. The Hall–Kier alpha value is -3.04. The number of ether oxygens (including phenoxy) is 2. The number of rotatable bonds is 5. The molecule has 0 unspecified atom stereocenters. The number of halogens is 1. The molecule has 1 fully saturated rings. The van der Waals surface area contributed by atoms with Crippen LogP contribution in [0.4, 0.5) is 0 Å². The lowest BCUT2D eigenvalue weighted by molar-refractivity contribution is 0.0670. The van der Waals surface area contributed by atoms with Crippen molar-refractivity contribution in [3.63, 3.8) is 0 Å². The Balaban J connectivity index is 1.42. The van der Waals surface area contributed by atoms with Gasteiger partial charge < -0.3 is 18.9 Å². The van der Waals surface area contributed by atoms with Crippen LogP contribution in [0.25, 0.3) is 11.3 Å². The van der Waals surface area contributed by atoms with Crippen LogP contribution in [-0.4, -0.2) is 55.1 Å². The average molecular weight is 489 g/mol. The maximum atomic E-state index is 13.4. The van der Waals surface area contributed by atoms with Crippen LogP contribution in [0.15, 0.2) is 53.1 Å². The summed E-state index contributed by atoms with van der Waals surface area (Å²) in [4.78, 5) is 15.0. The minimum atomic E-state index is -3.19. The number of carbonyl (C=O) groups excluding carboxylic acids is 1. The van der Waals surface area contributed by atoms with E-state index in [1.807, 2.05) is 12.1 Å². The Bertz CT molecular complexity index is 1290. The molecule has 1 aromatic heterocycles. The van der Waals surface area contributed by atoms with Gasteiger partial charge in [0.05, 0.1) is 11.5 Å². The van der Waals surface area contributed by atoms with E-state index >= 15 is 0 Å². The summed E-state index contributed by atoms with van der Waals surface area (Å²) in [5.74, 6) is 1.25. The molecule has 8 nitrogen and oxygen atoms in total. The van der Waals surface area contributed by atoms with Gasteiger partial charge in [0.25, 0.3) is 5.91 Å². The van der Waals surface area contributed by atoms with Crippen molar-refractivity contribution in [2.45, 2.75) is 19.0 Å². The molecule has 3 aromatic rings. The van der Waals surface area contributed by atoms with Crippen molar-refractivity contribution in [2.75, 3.05) is 24.7 Å². The van der Waals surface area contributed by atoms with E-state index in [2.05, 4.69) is 5.16 Å². The van der Waals surface area contributed by atoms with Gasteiger partial charge >= 0.3 is 0 Å². The van der Waals surface area contributed by atoms with Crippen molar-refractivity contribution in [3.05, 3.63) is 64.8 Å². The zero-order valence-electron chi connectivity index (χ0n) is 17.6. The van der Waals surface area contributed by atoms with E-state index in [0.29, 0.717) is 47.5 Å². The molecule has 1 atom stereocenters. The van der Waals surface area contributed by atoms with Gasteiger partial charge in [0, 0.05) is 29.2 Å². The van der Waals surface area contributed by atoms with Gasteiger partial charge in [-0.25, -0.2) is 8.42 Å². The van der Waals surface area contributed by atoms with Gasteiger partial charge in [-0.3, -0.25) is 4.79 Å². The standard InChI is InChI=1S/C23H21ClN2O6S/c24-17-4-1-15(2-5-17)13-26(18-7-10-33(28,29)14-18)23(27)19-12-21(32-25-19)16-3-6-20-22(11-16)31-9-8-30-20/h1-6,11-12,18H,7-10,13-14H2/t18-/m0/s1. The Kier molecular flexibility index (Phi) is 5.76. The summed E-state index contributed by atoms with van der Waals surface area (Å²) >= 11 is 5.98. The minimum Gasteiger partial charge on any atom is -0.486 e. The lowest BCUT2D eigenvalue weighted by Crippen LogP contribution is -2.40. The molecule has 10 heteroatoms. The number of nitrogens with zero attached hydrogens (tertiary/aromatic N) is 2. The topological polar surface area (TPSA) is 98.9 Å². The Morgan fingerprint density at radius 3 is 2.55 bits per heavy atom. The molecule has 0 radical (unpaired) electrons. The van der Waals surface area contributed by atoms with Crippen molar-refractivity contribution in [3.8, 4) is 22.8 Å². The number of amides is 1. The number of hydrogen-bond donors (Lipinski definition) is 0. The van der Waals surface area contributed by atoms with E-state index in [-0.39, 0.29) is 29.7 Å². The average Bonchev–Trinajstić information content (AvgIpc) is 3.44. The first-order chi connectivity index (χ1) is 15.9. The van der Waals surface area contributed by atoms with Gasteiger partial charge in [-0.2, -0.15) is 0 Å². The van der Waals surface area contributed by atoms with Crippen LogP contribution in [0.5, 0.6) is 11.5 Å². The number of benzene rings is 2. The third-order valence-corrected chi connectivity index (χ3v) is 7.73. The van der Waals surface area contributed by atoms with Crippen molar-refractivity contribution in [2.24, 2.45) is 0 Å². The second-order valence-corrected chi connectivity index (χ2v) is 10.7. The molecular formula is C23H21ClN2O6S. The number of sulfone groups is 1. The second-order valence-electron chi connectivity index (χ2n) is 8.05. The lowest BCUT2D eigenvalue weighted by Gasteiger charge is -2.27. The van der Waals surface area contributed by atoms with Crippen molar-refractivity contribution in [1.29, 1.82) is 0 Å². The Morgan fingerprint density at radius 2 is 1.82 bits per heavy atom. The molecule has 1 saturated heterocycles. The second kappa shape index (κ2) is 8.72. The molecule has 0 saturated carbocycles. The third kappa shape index (κ3) is 4.69. The molecule has 0 spiro atoms. The predicted molar refractivity (Wildman–Crippen MR) is 121 cm³/mol. The number of fused-ring (bicyclic) bond motifs is 1. The highest BCUT2D eigenvalue weighted by atomic mass is 35.5. The number of hydrogen-bond acceptors (Lipinski definition) is 7. The van der Waals surface area contributed by atoms with Crippen LogP contribution in [0, 0.1) is 0 Å². The van der Waals surface area contributed by atoms with Crippen LogP contribution in [-0.2, 0) is 16.4 Å². The fourth-order valence-electron chi connectivity index (χ4n) is 4.03. The van der Waals surface area contributed by atoms with Gasteiger partial charge in [-0.1, -0.05) is 28.9 Å². The Morgan fingerprint density at radius 1 is 1.06 bits per heavy atom. The third-order valence-electron chi connectivity index (χ3n) is 5.73. The van der Waals surface area contributed by atoms with Crippen LogP contribution in [0.3, 0.4) is 0 Å². The summed E-state index contributed by atoms with van der Waals surface area (Å²) in [5.41, 5.74) is 1.64. The monoisotopic (exact) mass is 488 g/mol. The smallest absolute Gasteiger partial charge is 0.276 e. The highest BCUT2D eigenvalue weighted by Crippen LogP contribution is 2.35. The Labute approximate surface area is 195 Å². The first kappa shape index (κ1) is 21.8. The maximum absolute atomic E-state index is 13.4. The van der Waals surface area contributed by atoms with Crippen LogP contribution in [0.1, 0.15) is 22.5 Å². The van der Waals surface area contributed by atoms with E-state index in [9.17, 15) is 13.2 Å². The largest absolute Gasteiger partial charge is 0.486 e. The molecule has 3 heterocycles. The van der Waals surface area contributed by atoms with Gasteiger partial charge in [0.1, 0.15) is 13.2 Å². The summed E-state index contributed by atoms with van der Waals surface area (Å²) in [6, 6.07) is 13.6. The summed E-state index contributed by atoms with van der Waals surface area (Å²) < 4.78 is 40.8. The molecule has 33 heavy (non-hydrogen) atoms. The molecule has 2 aromatic carbocycles. The summed E-state index contributed by atoms with van der Waals surface area (Å²) in [5, 5.41) is 4.56. The molecule has 2 aliphatic rings. The summed E-state index contributed by atoms with van der Waals surface area (Å²) in [6.45, 7) is 1.19. The number of carbonyl (C=O) groups is 1. The molecule has 0 bridgehead atoms. The lowest BCUT2D eigenvalue weighted by atomic mass is 10.1. The zero-order valence-corrected chi connectivity index (χ0v) is 19.1. The molecule has 5 rings (SSSR count). The number of aromatic nitrogens is 1. The van der Waals surface area contributed by atoms with E-state index < -0.39 is 15.9 Å². The summed E-state index contributed by atoms with van der Waals surface area (Å²) in [6.07, 6.45) is 0.383. The minimum absolute atomic E-state index is 0.0589. The SMILES string of the molecule is O=C(c1cc(-c2ccc3c(c2)OCCO3)on1)N(Cc1ccc(Cl)cc1)[C@H]1CCS(=O)(=O)C1. The van der Waals surface area contributed by atoms with Gasteiger partial charge in [0.15, 0.2) is 32.8 Å². The molecule has 1 amide bonds. The van der Waals surface area contributed by atoms with E-state index in [0.717, 1.165) is 5.56 Å². The summed E-state index contributed by atoms with van der Waals surface area (Å²) in [7, 11) is -3.19. The fraction of sp³-hybridized carbons (Fsp3) is 0.304. The van der Waals surface area contributed by atoms with Crippen LogP contribution >= 0.6 is 11.6 Å². The van der Waals surface area contributed by atoms with Gasteiger partial charge in [-0.05, 0) is 42.3 Å². The van der Waals surface area contributed by atoms with Gasteiger partial charge in [-0.15, -0.1) is 0 Å². The van der Waals surface area contributed by atoms with E-state index in [1.165, 1.54) is 0 Å². The van der Waals surface area contributed by atoms with Crippen molar-refractivity contribution in [1.82, 2.24) is 10.1 Å². The van der Waals surface area contributed by atoms with Crippen LogP contribution in [0.2, 0.25) is 5.02 Å². The van der Waals surface area contributed by atoms with Crippen molar-refractivity contribution >= 4 is 27.3 Å². The quantitative estimate of drug-likeness (QED) is 0.541. The molecule has 2 aliphatic heterocycles. The molecule has 0 aliphatic carbocycles.